The lowest BCUT2D eigenvalue weighted by Crippen LogP contribution is -2.11. The summed E-state index contributed by atoms with van der Waals surface area (Å²) in [5, 5.41) is 2.85. The van der Waals surface area contributed by atoms with Gasteiger partial charge in [0, 0.05) is 18.4 Å². The van der Waals surface area contributed by atoms with Crippen molar-refractivity contribution in [1.29, 1.82) is 0 Å². The van der Waals surface area contributed by atoms with Gasteiger partial charge in [-0.25, -0.2) is 0 Å². The molecule has 0 bridgehead atoms. The molecular weight excluding hydrogens is 288 g/mol. The van der Waals surface area contributed by atoms with Crippen molar-refractivity contribution in [2.45, 2.75) is 0 Å². The van der Waals surface area contributed by atoms with Gasteiger partial charge in [-0.1, -0.05) is 18.2 Å². The fourth-order valence-corrected chi connectivity index (χ4v) is 2.07. The van der Waals surface area contributed by atoms with E-state index in [0.717, 1.165) is 0 Å². The van der Waals surface area contributed by atoms with E-state index in [1.54, 1.807) is 60.7 Å². The van der Waals surface area contributed by atoms with Gasteiger partial charge in [0.1, 0.15) is 11.5 Å². The van der Waals surface area contributed by atoms with Gasteiger partial charge in [0.15, 0.2) is 0 Å². The van der Waals surface area contributed by atoms with Crippen LogP contribution in [0.4, 0.5) is 11.4 Å². The second kappa shape index (κ2) is 6.66. The normalized spacial score (nSPS) is 10.1. The second-order valence-corrected chi connectivity index (χ2v) is 5.02. The van der Waals surface area contributed by atoms with Crippen molar-refractivity contribution in [1.82, 2.24) is 0 Å². The van der Waals surface area contributed by atoms with Crippen LogP contribution in [0.1, 0.15) is 11.8 Å². The van der Waals surface area contributed by atoms with Crippen LogP contribution < -0.4 is 15.8 Å². The molecule has 0 saturated heterocycles. The minimum atomic E-state index is -0.141. The Hall–Kier alpha value is -3.27. The highest BCUT2D eigenvalue weighted by atomic mass is 16.5. The monoisotopic (exact) mass is 306 g/mol. The number of hydrogen-bond donors (Lipinski definition) is 2. The van der Waals surface area contributed by atoms with Crippen molar-refractivity contribution in [3.05, 3.63) is 84.4 Å². The molecule has 0 aliphatic heterocycles. The summed E-state index contributed by atoms with van der Waals surface area (Å²) in [7, 11) is 0. The van der Waals surface area contributed by atoms with Gasteiger partial charge in [-0.3, -0.25) is 4.79 Å². The number of nitrogens with one attached hydrogen (secondary N) is 1. The number of anilines is 2. The zero-order valence-corrected chi connectivity index (χ0v) is 12.4. The number of carbonyl (C=O) groups excluding carboxylic acids is 1. The van der Waals surface area contributed by atoms with Crippen LogP contribution in [0, 0.1) is 0 Å². The van der Waals surface area contributed by atoms with Crippen LogP contribution in [0.3, 0.4) is 0 Å². The van der Waals surface area contributed by atoms with Crippen LogP contribution in [-0.4, -0.2) is 5.91 Å². The first-order valence-corrected chi connectivity index (χ1v) is 7.20. The van der Waals surface area contributed by atoms with E-state index in [1.165, 1.54) is 0 Å². The van der Waals surface area contributed by atoms with Crippen molar-refractivity contribution >= 4 is 17.3 Å². The Morgan fingerprint density at radius 1 is 0.826 bits per heavy atom. The van der Waals surface area contributed by atoms with Crippen molar-refractivity contribution in [3.8, 4) is 11.5 Å². The molecule has 3 aromatic rings. The molecule has 23 heavy (non-hydrogen) atoms. The molecule has 3 N–H and O–H groups in total. The Morgan fingerprint density at radius 2 is 1.39 bits per heavy atom. The maximum absolute atomic E-state index is 12.1. The second-order valence-electron chi connectivity index (χ2n) is 5.02. The van der Waals surface area contributed by atoms with E-state index in [4.69, 9.17) is 10.5 Å². The Balaban J connectivity index is 0.00000208. The van der Waals surface area contributed by atoms with Crippen molar-refractivity contribution in [2.24, 2.45) is 0 Å². The summed E-state index contributed by atoms with van der Waals surface area (Å²) in [6.45, 7) is 0. The summed E-state index contributed by atoms with van der Waals surface area (Å²) in [6.07, 6.45) is 0. The molecule has 0 atom stereocenters. The molecule has 0 saturated carbocycles. The van der Waals surface area contributed by atoms with E-state index in [0.29, 0.717) is 28.4 Å². The zero-order chi connectivity index (χ0) is 16.1. The third-order valence-corrected chi connectivity index (χ3v) is 3.26. The summed E-state index contributed by atoms with van der Waals surface area (Å²) in [4.78, 5) is 12.1. The molecule has 3 rings (SSSR count). The summed E-state index contributed by atoms with van der Waals surface area (Å²) >= 11 is 0. The van der Waals surface area contributed by atoms with Crippen LogP contribution in [-0.2, 0) is 0 Å². The number of carbonyl (C=O) groups is 1. The predicted molar refractivity (Wildman–Crippen MR) is 93.9 cm³/mol. The molecule has 0 fully saturated rings. The van der Waals surface area contributed by atoms with E-state index < -0.39 is 0 Å². The lowest BCUT2D eigenvalue weighted by Gasteiger charge is -2.08. The molecule has 0 radical (unpaired) electrons. The summed E-state index contributed by atoms with van der Waals surface area (Å²) in [5.74, 6) is 1.26. The van der Waals surface area contributed by atoms with Gasteiger partial charge >= 0.3 is 0 Å². The lowest BCUT2D eigenvalue weighted by molar-refractivity contribution is 0.102. The molecule has 4 heteroatoms. The Labute approximate surface area is 136 Å². The maximum Gasteiger partial charge on any atom is 0.255 e. The molecule has 0 aliphatic rings. The van der Waals surface area contributed by atoms with E-state index >= 15 is 0 Å². The average Bonchev–Trinajstić information content (AvgIpc) is 2.59. The number of nitrogens with two attached hydrogens (primary N) is 1. The van der Waals surface area contributed by atoms with Crippen LogP contribution in [0.15, 0.2) is 78.9 Å². The van der Waals surface area contributed by atoms with Gasteiger partial charge in [0.05, 0.1) is 0 Å². The van der Waals surface area contributed by atoms with E-state index in [2.05, 4.69) is 5.32 Å². The molecule has 0 aliphatic carbocycles. The molecule has 116 valence electrons. The van der Waals surface area contributed by atoms with Gasteiger partial charge in [-0.05, 0) is 60.7 Å². The topological polar surface area (TPSA) is 64.3 Å². The molecule has 0 heterocycles. The Morgan fingerprint density at radius 3 is 2.00 bits per heavy atom. The zero-order valence-electron chi connectivity index (χ0n) is 12.4. The number of rotatable bonds is 4. The maximum atomic E-state index is 12.1. The van der Waals surface area contributed by atoms with E-state index in [9.17, 15) is 4.79 Å². The van der Waals surface area contributed by atoms with Gasteiger partial charge in [0.2, 0.25) is 0 Å². The number of amides is 1. The fourth-order valence-electron chi connectivity index (χ4n) is 2.07. The molecule has 0 aromatic heterocycles. The summed E-state index contributed by atoms with van der Waals surface area (Å²) in [6, 6.07) is 23.5. The van der Waals surface area contributed by atoms with Gasteiger partial charge < -0.3 is 15.8 Å². The van der Waals surface area contributed by atoms with Gasteiger partial charge in [0.25, 0.3) is 5.91 Å². The van der Waals surface area contributed by atoms with E-state index in [-0.39, 0.29) is 7.33 Å². The SMILES string of the molecule is Nc1ccc(Oc2ccc(NC(=O)c3ccccc3)cc2)cc1.[HH]. The van der Waals surface area contributed by atoms with Gasteiger partial charge in [-0.2, -0.15) is 0 Å². The highest BCUT2D eigenvalue weighted by Gasteiger charge is 2.05. The molecular formula is C19H18N2O2. The lowest BCUT2D eigenvalue weighted by atomic mass is 10.2. The molecule has 1 amide bonds. The van der Waals surface area contributed by atoms with Crippen LogP contribution in [0.25, 0.3) is 0 Å². The summed E-state index contributed by atoms with van der Waals surface area (Å²) < 4.78 is 5.71. The first-order valence-electron chi connectivity index (χ1n) is 7.20. The largest absolute Gasteiger partial charge is 0.457 e. The third-order valence-electron chi connectivity index (χ3n) is 3.26. The van der Waals surface area contributed by atoms with Crippen LogP contribution in [0.2, 0.25) is 0 Å². The smallest absolute Gasteiger partial charge is 0.255 e. The number of ether oxygens (including phenoxy) is 1. The van der Waals surface area contributed by atoms with Crippen molar-refractivity contribution in [3.63, 3.8) is 0 Å². The molecule has 4 nitrogen and oxygen atoms in total. The molecule has 0 spiro atoms. The number of nitrogen functional groups attached to an aromatic ring is 1. The fraction of sp³-hybridized carbons (Fsp3) is 0. The first-order chi connectivity index (χ1) is 11.2. The Kier molecular flexibility index (Phi) is 4.25. The number of hydrogen-bond acceptors (Lipinski definition) is 3. The average molecular weight is 306 g/mol. The van der Waals surface area contributed by atoms with Crippen molar-refractivity contribution < 1.29 is 11.0 Å². The molecule has 0 unspecified atom stereocenters. The third kappa shape index (κ3) is 3.89. The van der Waals surface area contributed by atoms with Crippen LogP contribution in [0.5, 0.6) is 11.5 Å². The van der Waals surface area contributed by atoms with Crippen molar-refractivity contribution in [2.75, 3.05) is 11.1 Å². The highest BCUT2D eigenvalue weighted by Crippen LogP contribution is 2.23. The first kappa shape index (κ1) is 14.7. The Bertz CT molecular complexity index is 788. The van der Waals surface area contributed by atoms with Crippen LogP contribution >= 0.6 is 0 Å². The highest BCUT2D eigenvalue weighted by molar-refractivity contribution is 6.04. The number of benzene rings is 3. The predicted octanol–water partition coefficient (Wildman–Crippen LogP) is 4.56. The minimum absolute atomic E-state index is 0. The standard InChI is InChI=1S/C19H16N2O2.H2/c20-15-6-10-17(11-7-15)23-18-12-8-16(9-13-18)21-19(22)14-4-2-1-3-5-14;/h1-13H,20H2,(H,21,22);1H. The summed E-state index contributed by atoms with van der Waals surface area (Å²) in [5.41, 5.74) is 7.66. The molecule has 3 aromatic carbocycles. The van der Waals surface area contributed by atoms with Gasteiger partial charge in [-0.15, -0.1) is 0 Å². The minimum Gasteiger partial charge on any atom is -0.457 e. The van der Waals surface area contributed by atoms with E-state index in [1.807, 2.05) is 18.2 Å². The quantitative estimate of drug-likeness (QED) is 0.694.